The Bertz CT molecular complexity index is 1360. The van der Waals surface area contributed by atoms with E-state index in [1.54, 1.807) is 12.1 Å². The molecule has 9 nitrogen and oxygen atoms in total. The van der Waals surface area contributed by atoms with E-state index in [-0.39, 0.29) is 11.3 Å². The van der Waals surface area contributed by atoms with Gasteiger partial charge in [-0.3, -0.25) is 4.55 Å². The molecule has 1 aromatic carbocycles. The molecule has 0 radical (unpaired) electrons. The summed E-state index contributed by atoms with van der Waals surface area (Å²) in [7, 11) is -4.41. The zero-order chi connectivity index (χ0) is 23.8. The van der Waals surface area contributed by atoms with Crippen LogP contribution in [-0.2, 0) is 30.7 Å². The first kappa shape index (κ1) is 22.7. The molecule has 0 amide bonds. The van der Waals surface area contributed by atoms with Crippen molar-refractivity contribution in [3.8, 4) is 0 Å². The monoisotopic (exact) mass is 493 g/mol. The van der Waals surface area contributed by atoms with E-state index in [0.717, 1.165) is 5.56 Å². The van der Waals surface area contributed by atoms with Gasteiger partial charge in [0, 0.05) is 12.6 Å². The van der Waals surface area contributed by atoms with Crippen molar-refractivity contribution < 1.29 is 27.2 Å². The highest BCUT2D eigenvalue weighted by Crippen LogP contribution is 2.51. The summed E-state index contributed by atoms with van der Waals surface area (Å²) >= 11 is 6.23. The molecule has 4 atom stereocenters. The van der Waals surface area contributed by atoms with Crippen LogP contribution in [0.15, 0.2) is 41.7 Å². The first-order valence-electron chi connectivity index (χ1n) is 10.5. The van der Waals surface area contributed by atoms with Crippen LogP contribution in [0.4, 0.5) is 0 Å². The molecule has 0 unspecified atom stereocenters. The number of fused-ring (bicyclic) bond motifs is 2. The summed E-state index contributed by atoms with van der Waals surface area (Å²) in [6.45, 7) is 7.41. The molecular weight excluding hydrogens is 470 g/mol. The number of halogens is 1. The van der Waals surface area contributed by atoms with Gasteiger partial charge in [-0.05, 0) is 45.4 Å². The van der Waals surface area contributed by atoms with Crippen LogP contribution < -0.4 is 0 Å². The molecule has 0 spiro atoms. The second kappa shape index (κ2) is 7.46. The Morgan fingerprint density at radius 2 is 1.97 bits per heavy atom. The molecular formula is C22H24ClN3O6S. The fourth-order valence-corrected chi connectivity index (χ4v) is 5.83. The van der Waals surface area contributed by atoms with Crippen molar-refractivity contribution in [3.63, 3.8) is 0 Å². The number of nitrogens with zero attached hydrogens (tertiary/aromatic N) is 3. The molecule has 1 N–H and O–H groups in total. The van der Waals surface area contributed by atoms with E-state index in [1.165, 1.54) is 12.4 Å². The molecule has 176 valence electrons. The summed E-state index contributed by atoms with van der Waals surface area (Å²) in [5.74, 6) is -0.881. The van der Waals surface area contributed by atoms with E-state index in [0.29, 0.717) is 21.7 Å². The van der Waals surface area contributed by atoms with Crippen molar-refractivity contribution in [3.05, 3.63) is 53.1 Å². The molecule has 0 aliphatic carbocycles. The molecule has 0 saturated carbocycles. The smallest absolute Gasteiger partial charge is 0.294 e. The molecule has 33 heavy (non-hydrogen) atoms. The van der Waals surface area contributed by atoms with Gasteiger partial charge in [0.1, 0.15) is 28.8 Å². The fourth-order valence-electron chi connectivity index (χ4n) is 4.93. The minimum absolute atomic E-state index is 0.149. The fraction of sp³-hybridized carbons (Fsp3) is 0.455. The zero-order valence-electron chi connectivity index (χ0n) is 18.5. The van der Waals surface area contributed by atoms with Crippen molar-refractivity contribution >= 4 is 32.8 Å². The zero-order valence-corrected chi connectivity index (χ0v) is 20.1. The third kappa shape index (κ3) is 3.74. The van der Waals surface area contributed by atoms with Crippen LogP contribution >= 0.6 is 11.6 Å². The molecule has 5 rings (SSSR count). The van der Waals surface area contributed by atoms with Crippen LogP contribution in [0, 0.1) is 6.92 Å². The maximum atomic E-state index is 12.0. The third-order valence-corrected chi connectivity index (χ3v) is 7.53. The second-order valence-electron chi connectivity index (χ2n) is 9.15. The summed E-state index contributed by atoms with van der Waals surface area (Å²) in [4.78, 5) is 8.24. The highest BCUT2D eigenvalue weighted by Gasteiger charge is 2.64. The second-order valence-corrected chi connectivity index (χ2v) is 10.9. The number of aromatic nitrogens is 3. The Balaban J connectivity index is 1.59. The summed E-state index contributed by atoms with van der Waals surface area (Å²) in [5, 5.41) is 1.01. The molecule has 3 aromatic rings. The summed E-state index contributed by atoms with van der Waals surface area (Å²) in [5.41, 5.74) is 0.993. The van der Waals surface area contributed by atoms with Gasteiger partial charge in [0.2, 0.25) is 0 Å². The van der Waals surface area contributed by atoms with Crippen LogP contribution in [0.25, 0.3) is 11.0 Å². The molecule has 2 saturated heterocycles. The van der Waals surface area contributed by atoms with Gasteiger partial charge < -0.3 is 18.8 Å². The average molecular weight is 494 g/mol. The summed E-state index contributed by atoms with van der Waals surface area (Å²) in [6.07, 6.45) is 1.68. The van der Waals surface area contributed by atoms with Gasteiger partial charge in [-0.1, -0.05) is 29.3 Å². The normalized spacial score (nSPS) is 29.0. The van der Waals surface area contributed by atoms with Crippen LogP contribution in [0.5, 0.6) is 0 Å². The molecule has 2 fully saturated rings. The standard InChI is InChI=1S/C22H24ClN3O6S/c1-12-5-6-15(33(27,28)29)13(9-12)10-16-22(4)17(31-21(2,3)32-22)20(30-16)26-8-7-14-18(23)24-11-25-19(14)26/h5-9,11,16-17,20H,10H2,1-4H3,(H,27,28,29)/t16-,17+,20-,22-/m1/s1. The molecule has 0 bridgehead atoms. The molecule has 2 aromatic heterocycles. The van der Waals surface area contributed by atoms with Crippen LogP contribution in [0.3, 0.4) is 0 Å². The van der Waals surface area contributed by atoms with Crippen molar-refractivity contribution in [1.29, 1.82) is 0 Å². The third-order valence-electron chi connectivity index (χ3n) is 6.28. The van der Waals surface area contributed by atoms with Crippen LogP contribution in [-0.4, -0.2) is 51.1 Å². The number of hydrogen-bond acceptors (Lipinski definition) is 7. The minimum Gasteiger partial charge on any atom is -0.348 e. The first-order chi connectivity index (χ1) is 15.4. The lowest BCUT2D eigenvalue weighted by Gasteiger charge is -2.29. The average Bonchev–Trinajstić information content (AvgIpc) is 3.30. The Morgan fingerprint density at radius 1 is 1.21 bits per heavy atom. The summed E-state index contributed by atoms with van der Waals surface area (Å²) in [6, 6.07) is 6.59. The van der Waals surface area contributed by atoms with E-state index < -0.39 is 39.9 Å². The lowest BCUT2D eigenvalue weighted by atomic mass is 9.90. The van der Waals surface area contributed by atoms with E-state index >= 15 is 0 Å². The molecule has 2 aliphatic heterocycles. The van der Waals surface area contributed by atoms with E-state index in [1.807, 2.05) is 44.5 Å². The Kier molecular flexibility index (Phi) is 5.13. The van der Waals surface area contributed by atoms with Crippen LogP contribution in [0.1, 0.15) is 38.1 Å². The highest BCUT2D eigenvalue weighted by atomic mass is 35.5. The van der Waals surface area contributed by atoms with Crippen molar-refractivity contribution in [2.45, 2.75) is 68.8 Å². The van der Waals surface area contributed by atoms with Gasteiger partial charge in [0.05, 0.1) is 16.4 Å². The number of hydrogen-bond donors (Lipinski definition) is 1. The topological polar surface area (TPSA) is 113 Å². The predicted octanol–water partition coefficient (Wildman–Crippen LogP) is 3.69. The van der Waals surface area contributed by atoms with Crippen LogP contribution in [0.2, 0.25) is 5.15 Å². The van der Waals surface area contributed by atoms with Crippen molar-refractivity contribution in [1.82, 2.24) is 14.5 Å². The highest BCUT2D eigenvalue weighted by molar-refractivity contribution is 7.85. The lowest BCUT2D eigenvalue weighted by molar-refractivity contribution is -0.210. The number of ether oxygens (including phenoxy) is 3. The largest absolute Gasteiger partial charge is 0.348 e. The molecule has 2 aliphatic rings. The Labute approximate surface area is 196 Å². The SMILES string of the molecule is Cc1ccc(S(=O)(=O)O)c(C[C@H]2O[C@@H](n3ccc4c(Cl)ncnc43)[C@@H]3OC(C)(C)O[C@]23C)c1. The van der Waals surface area contributed by atoms with Gasteiger partial charge in [0.25, 0.3) is 10.1 Å². The van der Waals surface area contributed by atoms with Gasteiger partial charge >= 0.3 is 0 Å². The molecule has 11 heteroatoms. The van der Waals surface area contributed by atoms with E-state index in [4.69, 9.17) is 25.8 Å². The maximum absolute atomic E-state index is 12.0. The van der Waals surface area contributed by atoms with Gasteiger partial charge in [-0.25, -0.2) is 9.97 Å². The lowest BCUT2D eigenvalue weighted by Crippen LogP contribution is -2.44. The van der Waals surface area contributed by atoms with Gasteiger partial charge in [-0.2, -0.15) is 8.42 Å². The Morgan fingerprint density at radius 3 is 2.70 bits per heavy atom. The maximum Gasteiger partial charge on any atom is 0.294 e. The molecule has 4 heterocycles. The summed E-state index contributed by atoms with van der Waals surface area (Å²) < 4.78 is 54.7. The van der Waals surface area contributed by atoms with Crippen molar-refractivity contribution in [2.24, 2.45) is 0 Å². The van der Waals surface area contributed by atoms with Crippen molar-refractivity contribution in [2.75, 3.05) is 0 Å². The first-order valence-corrected chi connectivity index (χ1v) is 12.3. The number of rotatable bonds is 4. The quantitative estimate of drug-likeness (QED) is 0.432. The van der Waals surface area contributed by atoms with E-state index in [2.05, 4.69) is 9.97 Å². The van der Waals surface area contributed by atoms with E-state index in [9.17, 15) is 13.0 Å². The number of aryl methyl sites for hydroxylation is 1. The predicted molar refractivity (Wildman–Crippen MR) is 120 cm³/mol. The minimum atomic E-state index is -4.41. The van der Waals surface area contributed by atoms with Gasteiger partial charge in [0.15, 0.2) is 12.0 Å². The Hall–Kier alpha value is -2.08. The van der Waals surface area contributed by atoms with Gasteiger partial charge in [-0.15, -0.1) is 0 Å². The number of benzene rings is 1.